The van der Waals surface area contributed by atoms with Gasteiger partial charge in [0.05, 0.1) is 5.69 Å². The molecule has 0 spiro atoms. The van der Waals surface area contributed by atoms with Crippen molar-refractivity contribution >= 4 is 29.0 Å². The van der Waals surface area contributed by atoms with Crippen LogP contribution in [0.4, 0.5) is 11.5 Å². The fourth-order valence-electron chi connectivity index (χ4n) is 1.57. The highest BCUT2D eigenvalue weighted by Crippen LogP contribution is 2.14. The lowest BCUT2D eigenvalue weighted by Crippen LogP contribution is -2.22. The Morgan fingerprint density at radius 2 is 1.86 bits per heavy atom. The van der Waals surface area contributed by atoms with Crippen LogP contribution in [0.15, 0.2) is 54.7 Å². The van der Waals surface area contributed by atoms with Gasteiger partial charge in [0.1, 0.15) is 5.76 Å². The minimum absolute atomic E-state index is 0.100. The van der Waals surface area contributed by atoms with Crippen molar-refractivity contribution in [2.24, 2.45) is 0 Å². The molecule has 4 N–H and O–H groups in total. The van der Waals surface area contributed by atoms with E-state index in [4.69, 9.17) is 5.73 Å². The average molecular weight is 283 g/mol. The summed E-state index contributed by atoms with van der Waals surface area (Å²) in [4.78, 5) is 27.3. The number of nitrogens with zero attached hydrogens (tertiary/aromatic N) is 1. The first-order valence-electron chi connectivity index (χ1n) is 6.10. The number of ketones is 1. The molecule has 0 fully saturated rings. The van der Waals surface area contributed by atoms with Crippen LogP contribution in [-0.4, -0.2) is 21.8 Å². The lowest BCUT2D eigenvalue weighted by molar-refractivity contribution is -0.132. The summed E-state index contributed by atoms with van der Waals surface area (Å²) >= 11 is 0. The molecular weight excluding hydrogens is 270 g/mol. The van der Waals surface area contributed by atoms with Crippen molar-refractivity contribution in [3.8, 4) is 0 Å². The molecule has 21 heavy (non-hydrogen) atoms. The van der Waals surface area contributed by atoms with Gasteiger partial charge in [-0.3, -0.25) is 9.59 Å². The highest BCUT2D eigenvalue weighted by Gasteiger charge is 2.14. The number of aromatic nitrogens is 1. The molecule has 0 radical (unpaired) electrons. The molecule has 0 aliphatic carbocycles. The van der Waals surface area contributed by atoms with E-state index in [2.05, 4.69) is 10.3 Å². The Morgan fingerprint density at radius 1 is 1.14 bits per heavy atom. The zero-order chi connectivity index (χ0) is 15.2. The van der Waals surface area contributed by atoms with Gasteiger partial charge < -0.3 is 16.2 Å². The monoisotopic (exact) mass is 283 g/mol. The molecule has 0 unspecified atom stereocenters. The quantitative estimate of drug-likeness (QED) is 0.450. The average Bonchev–Trinajstić information content (AvgIpc) is 2.50. The fourth-order valence-corrected chi connectivity index (χ4v) is 1.57. The molecule has 1 heterocycles. The number of aliphatic hydroxyl groups is 1. The Bertz CT molecular complexity index is 696. The van der Waals surface area contributed by atoms with E-state index in [9.17, 15) is 14.7 Å². The van der Waals surface area contributed by atoms with Gasteiger partial charge in [0.25, 0.3) is 5.91 Å². The minimum atomic E-state index is -0.928. The summed E-state index contributed by atoms with van der Waals surface area (Å²) in [5.74, 6) is -2.02. The van der Waals surface area contributed by atoms with E-state index in [0.717, 1.165) is 6.08 Å². The van der Waals surface area contributed by atoms with Gasteiger partial charge in [-0.2, -0.15) is 0 Å². The second-order valence-corrected chi connectivity index (χ2v) is 4.16. The third-order valence-electron chi connectivity index (χ3n) is 2.63. The van der Waals surface area contributed by atoms with E-state index in [-0.39, 0.29) is 17.3 Å². The maximum atomic E-state index is 11.7. The van der Waals surface area contributed by atoms with E-state index in [0.29, 0.717) is 5.56 Å². The Labute approximate surface area is 120 Å². The summed E-state index contributed by atoms with van der Waals surface area (Å²) in [5.41, 5.74) is 6.29. The SMILES string of the molecule is Nc1cccnc1NC(=O)C(=O)/C=C(/O)c1ccccc1. The van der Waals surface area contributed by atoms with Crippen LogP contribution in [0.25, 0.3) is 5.76 Å². The van der Waals surface area contributed by atoms with Crippen LogP contribution in [0, 0.1) is 0 Å². The van der Waals surface area contributed by atoms with Gasteiger partial charge >= 0.3 is 0 Å². The van der Waals surface area contributed by atoms with Crippen LogP contribution in [0.2, 0.25) is 0 Å². The topological polar surface area (TPSA) is 105 Å². The zero-order valence-electron chi connectivity index (χ0n) is 11.0. The number of amides is 1. The summed E-state index contributed by atoms with van der Waals surface area (Å²) < 4.78 is 0. The second kappa shape index (κ2) is 6.33. The van der Waals surface area contributed by atoms with Crippen LogP contribution in [0.1, 0.15) is 5.56 Å². The number of aliphatic hydroxyl groups excluding tert-OH is 1. The van der Waals surface area contributed by atoms with Crippen LogP contribution in [0.3, 0.4) is 0 Å². The highest BCUT2D eigenvalue weighted by molar-refractivity contribution is 6.45. The predicted molar refractivity (Wildman–Crippen MR) is 79.3 cm³/mol. The number of hydrogen-bond acceptors (Lipinski definition) is 5. The molecule has 2 rings (SSSR count). The zero-order valence-corrected chi connectivity index (χ0v) is 11.0. The van der Waals surface area contributed by atoms with Crippen molar-refractivity contribution in [2.75, 3.05) is 11.1 Å². The normalized spacial score (nSPS) is 11.0. The number of anilines is 2. The largest absolute Gasteiger partial charge is 0.507 e. The highest BCUT2D eigenvalue weighted by atomic mass is 16.3. The summed E-state index contributed by atoms with van der Waals surface area (Å²) in [6.45, 7) is 0. The molecule has 6 heteroatoms. The fraction of sp³-hybridized carbons (Fsp3) is 0. The van der Waals surface area contributed by atoms with Gasteiger partial charge in [-0.15, -0.1) is 0 Å². The minimum Gasteiger partial charge on any atom is -0.507 e. The molecule has 0 aliphatic heterocycles. The van der Waals surface area contributed by atoms with Crippen molar-refractivity contribution in [1.29, 1.82) is 0 Å². The predicted octanol–water partition coefficient (Wildman–Crippen LogP) is 1.77. The van der Waals surface area contributed by atoms with E-state index in [1.54, 1.807) is 42.5 Å². The maximum Gasteiger partial charge on any atom is 0.297 e. The van der Waals surface area contributed by atoms with Crippen LogP contribution < -0.4 is 11.1 Å². The van der Waals surface area contributed by atoms with Gasteiger partial charge in [0.15, 0.2) is 5.82 Å². The van der Waals surface area contributed by atoms with Crippen LogP contribution in [0.5, 0.6) is 0 Å². The van der Waals surface area contributed by atoms with Gasteiger partial charge in [0.2, 0.25) is 5.78 Å². The number of benzene rings is 1. The number of nitrogens with two attached hydrogens (primary N) is 1. The van der Waals surface area contributed by atoms with Crippen molar-refractivity contribution in [1.82, 2.24) is 4.98 Å². The Hall–Kier alpha value is -3.15. The molecular formula is C15H13N3O3. The van der Waals surface area contributed by atoms with E-state index < -0.39 is 11.7 Å². The van der Waals surface area contributed by atoms with Crippen molar-refractivity contribution in [3.05, 3.63) is 60.3 Å². The lowest BCUT2D eigenvalue weighted by Gasteiger charge is -2.04. The first-order valence-corrected chi connectivity index (χ1v) is 6.10. The number of nitrogen functional groups attached to an aromatic ring is 1. The first kappa shape index (κ1) is 14.3. The maximum absolute atomic E-state index is 11.7. The number of hydrogen-bond donors (Lipinski definition) is 3. The summed E-state index contributed by atoms with van der Waals surface area (Å²) in [6, 6.07) is 11.6. The molecule has 1 aromatic carbocycles. The van der Waals surface area contributed by atoms with Gasteiger partial charge in [-0.1, -0.05) is 30.3 Å². The van der Waals surface area contributed by atoms with Crippen molar-refractivity contribution in [3.63, 3.8) is 0 Å². The van der Waals surface area contributed by atoms with Gasteiger partial charge in [0, 0.05) is 17.8 Å². The van der Waals surface area contributed by atoms with E-state index in [1.165, 1.54) is 6.20 Å². The smallest absolute Gasteiger partial charge is 0.297 e. The number of pyridine rings is 1. The van der Waals surface area contributed by atoms with Crippen molar-refractivity contribution in [2.45, 2.75) is 0 Å². The molecule has 106 valence electrons. The number of nitrogens with one attached hydrogen (secondary N) is 1. The molecule has 0 aliphatic rings. The molecule has 6 nitrogen and oxygen atoms in total. The van der Waals surface area contributed by atoms with E-state index >= 15 is 0 Å². The van der Waals surface area contributed by atoms with Gasteiger partial charge in [-0.05, 0) is 12.1 Å². The Kier molecular flexibility index (Phi) is 4.30. The molecule has 0 atom stereocenters. The summed E-state index contributed by atoms with van der Waals surface area (Å²) in [5, 5.41) is 12.1. The molecule has 2 aromatic rings. The number of carbonyl (C=O) groups is 2. The molecule has 0 saturated heterocycles. The third-order valence-corrected chi connectivity index (χ3v) is 2.63. The number of rotatable bonds is 4. The van der Waals surface area contributed by atoms with Crippen LogP contribution in [-0.2, 0) is 9.59 Å². The Balaban J connectivity index is 2.10. The first-order chi connectivity index (χ1) is 10.1. The third kappa shape index (κ3) is 3.66. The number of carbonyl (C=O) groups excluding carboxylic acids is 2. The molecule has 1 aromatic heterocycles. The summed E-state index contributed by atoms with van der Waals surface area (Å²) in [7, 11) is 0. The molecule has 0 bridgehead atoms. The molecule has 1 amide bonds. The van der Waals surface area contributed by atoms with Crippen LogP contribution >= 0.6 is 0 Å². The summed E-state index contributed by atoms with van der Waals surface area (Å²) in [6.07, 6.45) is 2.29. The van der Waals surface area contributed by atoms with Crippen molar-refractivity contribution < 1.29 is 14.7 Å². The Morgan fingerprint density at radius 3 is 2.52 bits per heavy atom. The standard InChI is InChI=1S/C15H13N3O3/c16-11-7-4-8-17-14(11)18-15(21)13(20)9-12(19)10-5-2-1-3-6-10/h1-9,19H,16H2,(H,17,18,21)/b12-9+. The molecule has 0 saturated carbocycles. The second-order valence-electron chi connectivity index (χ2n) is 4.16. The lowest BCUT2D eigenvalue weighted by atomic mass is 10.1. The van der Waals surface area contributed by atoms with E-state index in [1.807, 2.05) is 0 Å². The van der Waals surface area contributed by atoms with Gasteiger partial charge in [-0.25, -0.2) is 4.98 Å².